The molecule has 0 radical (unpaired) electrons. The second kappa shape index (κ2) is 5.75. The van der Waals surface area contributed by atoms with Gasteiger partial charge in [-0.15, -0.1) is 0 Å². The summed E-state index contributed by atoms with van der Waals surface area (Å²) in [6, 6.07) is 8.97. The number of carbonyl (C=O) groups is 1. The van der Waals surface area contributed by atoms with Crippen molar-refractivity contribution in [1.82, 2.24) is 10.3 Å². The van der Waals surface area contributed by atoms with Crippen LogP contribution in [0.3, 0.4) is 0 Å². The second-order valence-electron chi connectivity index (χ2n) is 4.22. The van der Waals surface area contributed by atoms with Crippen LogP contribution >= 0.6 is 12.2 Å². The molecule has 0 fully saturated rings. The Balaban J connectivity index is 2.34. The van der Waals surface area contributed by atoms with Gasteiger partial charge in [-0.05, 0) is 18.6 Å². The molecule has 4 nitrogen and oxygen atoms in total. The molecule has 19 heavy (non-hydrogen) atoms. The second-order valence-corrected chi connectivity index (χ2v) is 4.69. The first-order valence-electron chi connectivity index (χ1n) is 6.07. The zero-order valence-corrected chi connectivity index (χ0v) is 11.4. The molecule has 3 N–H and O–H groups in total. The van der Waals surface area contributed by atoms with Crippen LogP contribution < -0.4 is 11.1 Å². The highest BCUT2D eigenvalue weighted by Gasteiger charge is 2.16. The summed E-state index contributed by atoms with van der Waals surface area (Å²) >= 11 is 4.93. The van der Waals surface area contributed by atoms with Crippen molar-refractivity contribution in [1.29, 1.82) is 0 Å². The summed E-state index contributed by atoms with van der Waals surface area (Å²) in [6.45, 7) is 1.92. The van der Waals surface area contributed by atoms with Crippen molar-refractivity contribution in [3.63, 3.8) is 0 Å². The van der Waals surface area contributed by atoms with Gasteiger partial charge in [-0.1, -0.05) is 37.3 Å². The number of pyridine rings is 1. The molecule has 0 spiro atoms. The molecule has 0 bridgehead atoms. The largest absolute Gasteiger partial charge is 0.392 e. The first-order valence-corrected chi connectivity index (χ1v) is 6.48. The van der Waals surface area contributed by atoms with Crippen LogP contribution in [-0.4, -0.2) is 21.9 Å². The minimum absolute atomic E-state index is 0.205. The molecule has 1 heterocycles. The van der Waals surface area contributed by atoms with Gasteiger partial charge in [0.15, 0.2) is 0 Å². The highest BCUT2D eigenvalue weighted by Crippen LogP contribution is 2.16. The number of thiocarbonyl (C=S) groups is 1. The normalized spacial score (nSPS) is 12.1. The molecule has 0 aliphatic heterocycles. The van der Waals surface area contributed by atoms with Gasteiger partial charge in [-0.25, -0.2) is 0 Å². The molecular formula is C14H15N3OS. The van der Waals surface area contributed by atoms with E-state index in [1.165, 1.54) is 0 Å². The van der Waals surface area contributed by atoms with Gasteiger partial charge in [0, 0.05) is 11.6 Å². The average molecular weight is 273 g/mol. The van der Waals surface area contributed by atoms with Crippen LogP contribution in [0.25, 0.3) is 10.9 Å². The maximum atomic E-state index is 12.3. The first kappa shape index (κ1) is 13.4. The molecule has 0 saturated carbocycles. The minimum Gasteiger partial charge on any atom is -0.392 e. The van der Waals surface area contributed by atoms with E-state index in [1.807, 2.05) is 31.2 Å². The molecular weight excluding hydrogens is 258 g/mol. The molecule has 1 aromatic carbocycles. The summed E-state index contributed by atoms with van der Waals surface area (Å²) in [5, 5.41) is 3.76. The van der Waals surface area contributed by atoms with Crippen molar-refractivity contribution in [3.8, 4) is 0 Å². The van der Waals surface area contributed by atoms with E-state index in [1.54, 1.807) is 12.3 Å². The smallest absolute Gasteiger partial charge is 0.254 e. The lowest BCUT2D eigenvalue weighted by atomic mass is 10.1. The monoisotopic (exact) mass is 273 g/mol. The van der Waals surface area contributed by atoms with E-state index in [0.29, 0.717) is 22.5 Å². The van der Waals surface area contributed by atoms with Gasteiger partial charge in [0.2, 0.25) is 0 Å². The SMILES string of the molecule is CCC(NC(=O)c1cccc2cccnc12)C(N)=S. The fourth-order valence-corrected chi connectivity index (χ4v) is 2.12. The number of carbonyl (C=O) groups excluding carboxylic acids is 1. The van der Waals surface area contributed by atoms with E-state index in [2.05, 4.69) is 10.3 Å². The highest BCUT2D eigenvalue weighted by atomic mass is 32.1. The average Bonchev–Trinajstić information content (AvgIpc) is 2.43. The van der Waals surface area contributed by atoms with E-state index in [4.69, 9.17) is 18.0 Å². The van der Waals surface area contributed by atoms with Crippen molar-refractivity contribution in [3.05, 3.63) is 42.1 Å². The fraction of sp³-hybridized carbons (Fsp3) is 0.214. The number of nitrogens with zero attached hydrogens (tertiary/aromatic N) is 1. The summed E-state index contributed by atoms with van der Waals surface area (Å²) in [7, 11) is 0. The third-order valence-electron chi connectivity index (χ3n) is 2.93. The number of hydrogen-bond acceptors (Lipinski definition) is 3. The Hall–Kier alpha value is -2.01. The number of benzene rings is 1. The van der Waals surface area contributed by atoms with Crippen LogP contribution in [0.5, 0.6) is 0 Å². The number of nitrogens with two attached hydrogens (primary N) is 1. The molecule has 1 amide bonds. The highest BCUT2D eigenvalue weighted by molar-refractivity contribution is 7.80. The molecule has 1 aromatic heterocycles. The quantitative estimate of drug-likeness (QED) is 0.836. The minimum atomic E-state index is -0.290. The van der Waals surface area contributed by atoms with Crippen LogP contribution in [0.1, 0.15) is 23.7 Å². The fourth-order valence-electron chi connectivity index (χ4n) is 1.90. The van der Waals surface area contributed by atoms with E-state index in [-0.39, 0.29) is 11.9 Å². The molecule has 1 unspecified atom stereocenters. The molecule has 0 aliphatic carbocycles. The van der Waals surface area contributed by atoms with Crippen molar-refractivity contribution >= 4 is 34.0 Å². The zero-order chi connectivity index (χ0) is 13.8. The molecule has 2 rings (SSSR count). The number of nitrogens with one attached hydrogen (secondary N) is 1. The van der Waals surface area contributed by atoms with Crippen molar-refractivity contribution in [2.45, 2.75) is 19.4 Å². The maximum Gasteiger partial charge on any atom is 0.254 e. The van der Waals surface area contributed by atoms with E-state index >= 15 is 0 Å². The summed E-state index contributed by atoms with van der Waals surface area (Å²) in [4.78, 5) is 16.8. The van der Waals surface area contributed by atoms with Crippen LogP contribution in [0, 0.1) is 0 Å². The lowest BCUT2D eigenvalue weighted by Gasteiger charge is -2.15. The van der Waals surface area contributed by atoms with Gasteiger partial charge in [0.25, 0.3) is 5.91 Å². The number of aromatic nitrogens is 1. The third-order valence-corrected chi connectivity index (χ3v) is 3.22. The van der Waals surface area contributed by atoms with Gasteiger partial charge in [0.05, 0.1) is 22.1 Å². The van der Waals surface area contributed by atoms with E-state index < -0.39 is 0 Å². The van der Waals surface area contributed by atoms with Crippen LogP contribution in [-0.2, 0) is 0 Å². The van der Waals surface area contributed by atoms with Gasteiger partial charge in [-0.2, -0.15) is 0 Å². The summed E-state index contributed by atoms with van der Waals surface area (Å²) in [5.41, 5.74) is 6.80. The lowest BCUT2D eigenvalue weighted by Crippen LogP contribution is -2.43. The van der Waals surface area contributed by atoms with Gasteiger partial charge in [-0.3, -0.25) is 9.78 Å². The number of amides is 1. The Morgan fingerprint density at radius 1 is 1.42 bits per heavy atom. The lowest BCUT2D eigenvalue weighted by molar-refractivity contribution is 0.0948. The van der Waals surface area contributed by atoms with E-state index in [9.17, 15) is 4.79 Å². The van der Waals surface area contributed by atoms with Gasteiger partial charge in [0.1, 0.15) is 0 Å². The summed E-state index contributed by atoms with van der Waals surface area (Å²) in [5.74, 6) is -0.205. The molecule has 0 aliphatic rings. The molecule has 1 atom stereocenters. The Labute approximate surface area is 117 Å². The standard InChI is InChI=1S/C14H15N3OS/c1-2-11(13(15)19)17-14(18)10-7-3-5-9-6-4-8-16-12(9)10/h3-8,11H,2H2,1H3,(H2,15,19)(H,17,18). The molecule has 5 heteroatoms. The summed E-state index contributed by atoms with van der Waals surface area (Å²) < 4.78 is 0. The van der Waals surface area contributed by atoms with Gasteiger partial charge < -0.3 is 11.1 Å². The number of hydrogen-bond donors (Lipinski definition) is 2. The Bertz CT molecular complexity index is 622. The van der Waals surface area contributed by atoms with Crippen LogP contribution in [0.4, 0.5) is 0 Å². The van der Waals surface area contributed by atoms with Crippen LogP contribution in [0.2, 0.25) is 0 Å². The summed E-state index contributed by atoms with van der Waals surface area (Å²) in [6.07, 6.45) is 2.34. The Kier molecular flexibility index (Phi) is 4.06. The molecule has 0 saturated heterocycles. The Morgan fingerprint density at radius 3 is 2.84 bits per heavy atom. The van der Waals surface area contributed by atoms with E-state index in [0.717, 1.165) is 5.39 Å². The molecule has 2 aromatic rings. The number of rotatable bonds is 4. The Morgan fingerprint density at radius 2 is 2.16 bits per heavy atom. The third kappa shape index (κ3) is 2.88. The van der Waals surface area contributed by atoms with Gasteiger partial charge >= 0.3 is 0 Å². The maximum absolute atomic E-state index is 12.3. The molecule has 98 valence electrons. The zero-order valence-electron chi connectivity index (χ0n) is 10.6. The number of fused-ring (bicyclic) bond motifs is 1. The van der Waals surface area contributed by atoms with Crippen LogP contribution in [0.15, 0.2) is 36.5 Å². The van der Waals surface area contributed by atoms with Crippen molar-refractivity contribution in [2.24, 2.45) is 5.73 Å². The van der Waals surface area contributed by atoms with Crippen molar-refractivity contribution in [2.75, 3.05) is 0 Å². The first-order chi connectivity index (χ1) is 9.13. The predicted octanol–water partition coefficient (Wildman–Crippen LogP) is 2.03. The van der Waals surface area contributed by atoms with Crippen molar-refractivity contribution < 1.29 is 4.79 Å². The number of para-hydroxylation sites is 1. The topological polar surface area (TPSA) is 68.0 Å². The predicted molar refractivity (Wildman–Crippen MR) is 80.1 cm³/mol.